The highest BCUT2D eigenvalue weighted by atomic mass is 19.1. The Bertz CT molecular complexity index is 499. The first-order valence-corrected chi connectivity index (χ1v) is 4.48. The highest BCUT2D eigenvalue weighted by Crippen LogP contribution is 2.14. The van der Waals surface area contributed by atoms with Crippen molar-refractivity contribution in [3.63, 3.8) is 0 Å². The lowest BCUT2D eigenvalue weighted by Crippen LogP contribution is -2.18. The second-order valence-electron chi connectivity index (χ2n) is 3.15. The lowest BCUT2D eigenvalue weighted by Gasteiger charge is -2.06. The minimum Gasteiger partial charge on any atom is -0.325 e. The fourth-order valence-corrected chi connectivity index (χ4v) is 0.998. The molecule has 1 atom stereocenters. The molecule has 1 aromatic carbocycles. The summed E-state index contributed by atoms with van der Waals surface area (Å²) in [5, 5.41) is 19.5. The zero-order valence-corrected chi connectivity index (χ0v) is 8.49. The van der Waals surface area contributed by atoms with Gasteiger partial charge in [0.1, 0.15) is 17.8 Å². The average Bonchev–Trinajstić information content (AvgIpc) is 2.30. The molecule has 0 fully saturated rings. The Labute approximate surface area is 91.9 Å². The summed E-state index contributed by atoms with van der Waals surface area (Å²) in [5.41, 5.74) is 0.146. The molecule has 16 heavy (non-hydrogen) atoms. The van der Waals surface area contributed by atoms with E-state index in [1.54, 1.807) is 12.1 Å². The summed E-state index contributed by atoms with van der Waals surface area (Å²) in [6.07, 6.45) is 0. The standard InChI is InChI=1S/C11H8FN3O/c1-7(5-13)11(16)15-9-2-3-10(12)8(4-9)6-14/h2-4,7H,1H3,(H,15,16). The van der Waals surface area contributed by atoms with E-state index in [9.17, 15) is 9.18 Å². The SMILES string of the molecule is CC(C#N)C(=O)Nc1ccc(F)c(C#N)c1. The maximum Gasteiger partial charge on any atom is 0.241 e. The molecule has 0 saturated carbocycles. The van der Waals surface area contributed by atoms with Gasteiger partial charge in [-0.15, -0.1) is 0 Å². The normalized spacial score (nSPS) is 11.0. The molecule has 0 radical (unpaired) electrons. The number of hydrogen-bond donors (Lipinski definition) is 1. The number of hydrogen-bond acceptors (Lipinski definition) is 3. The van der Waals surface area contributed by atoms with Crippen molar-refractivity contribution in [1.29, 1.82) is 10.5 Å². The van der Waals surface area contributed by atoms with Crippen LogP contribution in [0.25, 0.3) is 0 Å². The van der Waals surface area contributed by atoms with Crippen molar-refractivity contribution in [2.75, 3.05) is 5.32 Å². The molecule has 1 amide bonds. The van der Waals surface area contributed by atoms with Crippen molar-refractivity contribution in [3.8, 4) is 12.1 Å². The summed E-state index contributed by atoms with van der Waals surface area (Å²) in [6.45, 7) is 1.45. The fraction of sp³-hybridized carbons (Fsp3) is 0.182. The predicted octanol–water partition coefficient (Wildman–Crippen LogP) is 1.80. The summed E-state index contributed by atoms with van der Waals surface area (Å²) in [5.74, 6) is -1.93. The molecule has 0 aliphatic carbocycles. The second kappa shape index (κ2) is 4.90. The minimum atomic E-state index is -0.796. The van der Waals surface area contributed by atoms with Crippen LogP contribution in [0.3, 0.4) is 0 Å². The first-order valence-electron chi connectivity index (χ1n) is 4.48. The first-order chi connectivity index (χ1) is 7.58. The van der Waals surface area contributed by atoms with Gasteiger partial charge in [-0.05, 0) is 25.1 Å². The number of halogens is 1. The van der Waals surface area contributed by atoms with Crippen molar-refractivity contribution >= 4 is 11.6 Å². The fourth-order valence-electron chi connectivity index (χ4n) is 0.998. The molecule has 80 valence electrons. The third kappa shape index (κ3) is 2.55. The van der Waals surface area contributed by atoms with E-state index in [1.165, 1.54) is 19.1 Å². The van der Waals surface area contributed by atoms with Gasteiger partial charge in [-0.25, -0.2) is 4.39 Å². The van der Waals surface area contributed by atoms with Crippen LogP contribution in [-0.4, -0.2) is 5.91 Å². The molecule has 1 rings (SSSR count). The third-order valence-electron chi connectivity index (χ3n) is 1.94. The van der Waals surface area contributed by atoms with E-state index in [0.717, 1.165) is 6.07 Å². The van der Waals surface area contributed by atoms with Gasteiger partial charge in [0, 0.05) is 5.69 Å². The summed E-state index contributed by atoms with van der Waals surface area (Å²) >= 11 is 0. The van der Waals surface area contributed by atoms with Crippen LogP contribution in [0.4, 0.5) is 10.1 Å². The number of amides is 1. The number of carbonyl (C=O) groups is 1. The van der Waals surface area contributed by atoms with Crippen LogP contribution in [-0.2, 0) is 4.79 Å². The Morgan fingerprint density at radius 1 is 1.50 bits per heavy atom. The highest BCUT2D eigenvalue weighted by Gasteiger charge is 2.12. The molecule has 0 bridgehead atoms. The molecule has 1 aromatic rings. The van der Waals surface area contributed by atoms with E-state index in [2.05, 4.69) is 5.32 Å². The van der Waals surface area contributed by atoms with E-state index in [1.807, 2.05) is 0 Å². The molecule has 0 aromatic heterocycles. The lowest BCUT2D eigenvalue weighted by atomic mass is 10.1. The molecular formula is C11H8FN3O. The molecule has 0 aliphatic rings. The minimum absolute atomic E-state index is 0.151. The number of benzene rings is 1. The van der Waals surface area contributed by atoms with Crippen LogP contribution in [0.2, 0.25) is 0 Å². The zero-order valence-electron chi connectivity index (χ0n) is 8.49. The number of nitrogens with one attached hydrogen (secondary N) is 1. The van der Waals surface area contributed by atoms with Crippen LogP contribution < -0.4 is 5.32 Å². The number of nitriles is 2. The molecule has 0 saturated heterocycles. The Hall–Kier alpha value is -2.40. The molecule has 0 aliphatic heterocycles. The van der Waals surface area contributed by atoms with E-state index in [0.29, 0.717) is 5.69 Å². The summed E-state index contributed by atoms with van der Waals surface area (Å²) < 4.78 is 12.9. The number of rotatable bonds is 2. The van der Waals surface area contributed by atoms with Gasteiger partial charge in [0.15, 0.2) is 0 Å². The Morgan fingerprint density at radius 3 is 2.75 bits per heavy atom. The lowest BCUT2D eigenvalue weighted by molar-refractivity contribution is -0.117. The molecule has 5 heteroatoms. The number of anilines is 1. The molecular weight excluding hydrogens is 209 g/mol. The Morgan fingerprint density at radius 2 is 2.19 bits per heavy atom. The maximum atomic E-state index is 12.9. The van der Waals surface area contributed by atoms with Crippen LogP contribution in [0.1, 0.15) is 12.5 Å². The zero-order chi connectivity index (χ0) is 12.1. The highest BCUT2D eigenvalue weighted by molar-refractivity contribution is 5.93. The van der Waals surface area contributed by atoms with Crippen LogP contribution >= 0.6 is 0 Å². The average molecular weight is 217 g/mol. The van der Waals surface area contributed by atoms with E-state index in [4.69, 9.17) is 10.5 Å². The van der Waals surface area contributed by atoms with Crippen LogP contribution in [0, 0.1) is 34.4 Å². The summed E-state index contributed by atoms with van der Waals surface area (Å²) in [7, 11) is 0. The van der Waals surface area contributed by atoms with Gasteiger partial charge >= 0.3 is 0 Å². The third-order valence-corrected chi connectivity index (χ3v) is 1.94. The molecule has 0 heterocycles. The van der Waals surface area contributed by atoms with Crippen LogP contribution in [0.5, 0.6) is 0 Å². The van der Waals surface area contributed by atoms with Crippen molar-refractivity contribution < 1.29 is 9.18 Å². The largest absolute Gasteiger partial charge is 0.325 e. The Kier molecular flexibility index (Phi) is 3.58. The number of carbonyl (C=O) groups excluding carboxylic acids is 1. The van der Waals surface area contributed by atoms with Gasteiger partial charge in [0.2, 0.25) is 5.91 Å². The van der Waals surface area contributed by atoms with Crippen molar-refractivity contribution in [2.45, 2.75) is 6.92 Å². The van der Waals surface area contributed by atoms with E-state index >= 15 is 0 Å². The van der Waals surface area contributed by atoms with E-state index < -0.39 is 17.6 Å². The van der Waals surface area contributed by atoms with Gasteiger partial charge in [-0.3, -0.25) is 4.79 Å². The van der Waals surface area contributed by atoms with Gasteiger partial charge in [-0.1, -0.05) is 0 Å². The second-order valence-corrected chi connectivity index (χ2v) is 3.15. The van der Waals surface area contributed by atoms with Crippen molar-refractivity contribution in [1.82, 2.24) is 0 Å². The Balaban J connectivity index is 2.89. The van der Waals surface area contributed by atoms with Crippen LogP contribution in [0.15, 0.2) is 18.2 Å². The monoisotopic (exact) mass is 217 g/mol. The quantitative estimate of drug-likeness (QED) is 0.820. The molecule has 0 spiro atoms. The smallest absolute Gasteiger partial charge is 0.241 e. The molecule has 1 unspecified atom stereocenters. The van der Waals surface area contributed by atoms with Gasteiger partial charge in [-0.2, -0.15) is 10.5 Å². The maximum absolute atomic E-state index is 12.9. The van der Waals surface area contributed by atoms with Gasteiger partial charge in [0.05, 0.1) is 11.6 Å². The van der Waals surface area contributed by atoms with Crippen molar-refractivity contribution in [3.05, 3.63) is 29.6 Å². The summed E-state index contributed by atoms with van der Waals surface area (Å²) in [4.78, 5) is 11.3. The predicted molar refractivity (Wildman–Crippen MR) is 54.5 cm³/mol. The number of nitrogens with zero attached hydrogens (tertiary/aromatic N) is 2. The topological polar surface area (TPSA) is 76.7 Å². The van der Waals surface area contributed by atoms with Crippen molar-refractivity contribution in [2.24, 2.45) is 5.92 Å². The summed E-state index contributed by atoms with van der Waals surface area (Å²) in [6, 6.07) is 7.07. The van der Waals surface area contributed by atoms with Gasteiger partial charge in [0.25, 0.3) is 0 Å². The first kappa shape index (κ1) is 11.7. The van der Waals surface area contributed by atoms with E-state index in [-0.39, 0.29) is 5.56 Å². The van der Waals surface area contributed by atoms with Gasteiger partial charge < -0.3 is 5.32 Å². The molecule has 1 N–H and O–H groups in total. The molecule has 4 nitrogen and oxygen atoms in total.